The Kier molecular flexibility index (Phi) is 5.38. The highest BCUT2D eigenvalue weighted by Crippen LogP contribution is 2.30. The quantitative estimate of drug-likeness (QED) is 0.644. The summed E-state index contributed by atoms with van der Waals surface area (Å²) in [6.07, 6.45) is 1.36. The molecule has 7 nitrogen and oxygen atoms in total. The molecule has 140 valence electrons. The summed E-state index contributed by atoms with van der Waals surface area (Å²) in [6.45, 7) is 0. The fourth-order valence-electron chi connectivity index (χ4n) is 2.32. The summed E-state index contributed by atoms with van der Waals surface area (Å²) in [4.78, 5) is 11.9. The highest BCUT2D eigenvalue weighted by atomic mass is 35.5. The minimum absolute atomic E-state index is 0.00777. The Balaban J connectivity index is 1.90. The summed E-state index contributed by atoms with van der Waals surface area (Å²) in [7, 11) is -2.59. The minimum Gasteiger partial charge on any atom is -0.495 e. The number of furan rings is 1. The van der Waals surface area contributed by atoms with Crippen LogP contribution in [-0.2, 0) is 10.0 Å². The first kappa shape index (κ1) is 18.8. The number of nitrogens with one attached hydrogen (secondary N) is 2. The molecule has 3 aromatic rings. The molecule has 0 fully saturated rings. The number of ether oxygens (including phenoxy) is 1. The summed E-state index contributed by atoms with van der Waals surface area (Å²) >= 11 is 6.08. The number of sulfonamides is 1. The van der Waals surface area contributed by atoms with Crippen molar-refractivity contribution in [2.24, 2.45) is 0 Å². The number of benzene rings is 2. The van der Waals surface area contributed by atoms with Gasteiger partial charge in [0.1, 0.15) is 10.6 Å². The summed E-state index contributed by atoms with van der Waals surface area (Å²) in [5, 5.41) is 2.57. The number of para-hydroxylation sites is 2. The van der Waals surface area contributed by atoms with Gasteiger partial charge in [-0.25, -0.2) is 8.42 Å². The normalized spacial score (nSPS) is 11.0. The van der Waals surface area contributed by atoms with Crippen LogP contribution in [0.4, 0.5) is 11.4 Å². The number of rotatable bonds is 6. The Labute approximate surface area is 161 Å². The SMILES string of the molecule is COc1ccccc1NS(=O)(=O)c1cc(NC(=O)c2ccco2)ccc1Cl. The van der Waals surface area contributed by atoms with Crippen molar-refractivity contribution in [1.82, 2.24) is 0 Å². The predicted molar refractivity (Wildman–Crippen MR) is 102 cm³/mol. The van der Waals surface area contributed by atoms with E-state index in [1.807, 2.05) is 0 Å². The Bertz CT molecular complexity index is 1070. The van der Waals surface area contributed by atoms with Crippen LogP contribution in [0.1, 0.15) is 10.6 Å². The van der Waals surface area contributed by atoms with Gasteiger partial charge < -0.3 is 14.5 Å². The Hall–Kier alpha value is -2.97. The van der Waals surface area contributed by atoms with Crippen LogP contribution in [0.15, 0.2) is 70.2 Å². The van der Waals surface area contributed by atoms with E-state index in [1.54, 1.807) is 30.3 Å². The van der Waals surface area contributed by atoms with Crippen LogP contribution in [0.25, 0.3) is 0 Å². The van der Waals surface area contributed by atoms with Crippen LogP contribution in [0.3, 0.4) is 0 Å². The fraction of sp³-hybridized carbons (Fsp3) is 0.0556. The summed E-state index contributed by atoms with van der Waals surface area (Å²) in [5.74, 6) is -0.0515. The van der Waals surface area contributed by atoms with Crippen molar-refractivity contribution in [3.05, 3.63) is 71.6 Å². The molecule has 2 aromatic carbocycles. The molecule has 0 aliphatic heterocycles. The molecule has 0 spiro atoms. The zero-order chi connectivity index (χ0) is 19.4. The molecule has 0 saturated carbocycles. The average molecular weight is 407 g/mol. The number of anilines is 2. The largest absolute Gasteiger partial charge is 0.495 e. The average Bonchev–Trinajstić information content (AvgIpc) is 3.18. The number of carbonyl (C=O) groups is 1. The van der Waals surface area contributed by atoms with Crippen LogP contribution < -0.4 is 14.8 Å². The second-order valence-corrected chi connectivity index (χ2v) is 7.44. The molecular weight excluding hydrogens is 392 g/mol. The van der Waals surface area contributed by atoms with Gasteiger partial charge >= 0.3 is 0 Å². The molecule has 27 heavy (non-hydrogen) atoms. The van der Waals surface area contributed by atoms with Crippen molar-refractivity contribution in [2.45, 2.75) is 4.90 Å². The molecule has 1 amide bonds. The van der Waals surface area contributed by atoms with Crippen molar-refractivity contribution in [3.63, 3.8) is 0 Å². The number of amides is 1. The number of hydrogen-bond donors (Lipinski definition) is 2. The van der Waals surface area contributed by atoms with Crippen molar-refractivity contribution in [2.75, 3.05) is 17.1 Å². The number of hydrogen-bond acceptors (Lipinski definition) is 5. The van der Waals surface area contributed by atoms with Gasteiger partial charge in [0.15, 0.2) is 5.76 Å². The van der Waals surface area contributed by atoms with Gasteiger partial charge in [0, 0.05) is 5.69 Å². The van der Waals surface area contributed by atoms with Gasteiger partial charge in [-0.1, -0.05) is 23.7 Å². The third-order valence-electron chi connectivity index (χ3n) is 3.57. The number of carbonyl (C=O) groups excluding carboxylic acids is 1. The maximum atomic E-state index is 12.8. The van der Waals surface area contributed by atoms with Crippen molar-refractivity contribution < 1.29 is 22.4 Å². The monoisotopic (exact) mass is 406 g/mol. The van der Waals surface area contributed by atoms with Gasteiger partial charge in [-0.15, -0.1) is 0 Å². The van der Waals surface area contributed by atoms with E-state index in [0.717, 1.165) is 0 Å². The standard InChI is InChI=1S/C18H15ClN2O5S/c1-25-15-6-3-2-5-14(15)21-27(23,24)17-11-12(8-9-13(17)19)20-18(22)16-7-4-10-26-16/h2-11,21H,1H3,(H,20,22). The van der Waals surface area contributed by atoms with Crippen molar-refractivity contribution in [3.8, 4) is 5.75 Å². The van der Waals surface area contributed by atoms with E-state index in [0.29, 0.717) is 5.75 Å². The summed E-state index contributed by atoms with van der Waals surface area (Å²) < 4.78 is 38.1. The molecule has 0 bridgehead atoms. The molecule has 0 aliphatic carbocycles. The van der Waals surface area contributed by atoms with E-state index in [-0.39, 0.29) is 27.1 Å². The van der Waals surface area contributed by atoms with Crippen LogP contribution in [0.2, 0.25) is 5.02 Å². The van der Waals surface area contributed by atoms with Crippen LogP contribution in [0, 0.1) is 0 Å². The molecular formula is C18H15ClN2O5S. The van der Waals surface area contributed by atoms with Gasteiger partial charge in [-0.3, -0.25) is 9.52 Å². The van der Waals surface area contributed by atoms with E-state index < -0.39 is 15.9 Å². The van der Waals surface area contributed by atoms with Crippen LogP contribution in [0.5, 0.6) is 5.75 Å². The van der Waals surface area contributed by atoms with Crippen molar-refractivity contribution >= 4 is 38.9 Å². The molecule has 9 heteroatoms. The molecule has 0 saturated heterocycles. The summed E-state index contributed by atoms with van der Waals surface area (Å²) in [6, 6.07) is 13.8. The first-order valence-electron chi connectivity index (χ1n) is 7.71. The highest BCUT2D eigenvalue weighted by molar-refractivity contribution is 7.92. The van der Waals surface area contributed by atoms with Gasteiger partial charge in [-0.05, 0) is 42.5 Å². The fourth-order valence-corrected chi connectivity index (χ4v) is 3.91. The van der Waals surface area contributed by atoms with Crippen LogP contribution in [-0.4, -0.2) is 21.4 Å². The Morgan fingerprint density at radius 2 is 1.89 bits per heavy atom. The maximum absolute atomic E-state index is 12.8. The van der Waals surface area contributed by atoms with E-state index in [1.165, 1.54) is 37.6 Å². The van der Waals surface area contributed by atoms with Gasteiger partial charge in [0.25, 0.3) is 15.9 Å². The highest BCUT2D eigenvalue weighted by Gasteiger charge is 2.21. The lowest BCUT2D eigenvalue weighted by molar-refractivity contribution is 0.0996. The second-order valence-electron chi connectivity index (χ2n) is 5.38. The molecule has 3 rings (SSSR count). The predicted octanol–water partition coefficient (Wildman–Crippen LogP) is 3.99. The Morgan fingerprint density at radius 3 is 2.59 bits per heavy atom. The van der Waals surface area contributed by atoms with E-state index in [4.69, 9.17) is 20.8 Å². The minimum atomic E-state index is -4.03. The van der Waals surface area contributed by atoms with E-state index in [9.17, 15) is 13.2 Å². The second kappa shape index (κ2) is 7.73. The van der Waals surface area contributed by atoms with Crippen molar-refractivity contribution in [1.29, 1.82) is 0 Å². The lowest BCUT2D eigenvalue weighted by atomic mass is 10.3. The maximum Gasteiger partial charge on any atom is 0.291 e. The lowest BCUT2D eigenvalue weighted by Gasteiger charge is -2.13. The molecule has 0 aliphatic rings. The molecule has 0 unspecified atom stereocenters. The zero-order valence-corrected chi connectivity index (χ0v) is 15.7. The van der Waals surface area contributed by atoms with Gasteiger partial charge in [0.05, 0.1) is 24.1 Å². The number of halogens is 1. The first-order valence-corrected chi connectivity index (χ1v) is 9.57. The first-order chi connectivity index (χ1) is 12.9. The third kappa shape index (κ3) is 4.24. The van der Waals surface area contributed by atoms with E-state index >= 15 is 0 Å². The van der Waals surface area contributed by atoms with Crippen LogP contribution >= 0.6 is 11.6 Å². The summed E-state index contributed by atoms with van der Waals surface area (Å²) in [5.41, 5.74) is 0.516. The molecule has 2 N–H and O–H groups in total. The smallest absolute Gasteiger partial charge is 0.291 e. The van der Waals surface area contributed by atoms with Gasteiger partial charge in [-0.2, -0.15) is 0 Å². The molecule has 0 radical (unpaired) electrons. The number of methoxy groups -OCH3 is 1. The van der Waals surface area contributed by atoms with Gasteiger partial charge in [0.2, 0.25) is 0 Å². The Morgan fingerprint density at radius 1 is 1.11 bits per heavy atom. The molecule has 1 aromatic heterocycles. The zero-order valence-electron chi connectivity index (χ0n) is 14.1. The topological polar surface area (TPSA) is 97.6 Å². The molecule has 1 heterocycles. The lowest BCUT2D eigenvalue weighted by Crippen LogP contribution is -2.15. The third-order valence-corrected chi connectivity index (χ3v) is 5.42. The van der Waals surface area contributed by atoms with E-state index in [2.05, 4.69) is 10.0 Å². The molecule has 0 atom stereocenters.